The second-order valence-corrected chi connectivity index (χ2v) is 5.21. The van der Waals surface area contributed by atoms with Gasteiger partial charge in [-0.2, -0.15) is 0 Å². The van der Waals surface area contributed by atoms with E-state index in [-0.39, 0.29) is 19.1 Å². The smallest absolute Gasteiger partial charge is 0.231 e. The van der Waals surface area contributed by atoms with Crippen LogP contribution in [0.2, 0.25) is 0 Å². The zero-order valence-corrected chi connectivity index (χ0v) is 11.1. The highest BCUT2D eigenvalue weighted by Gasteiger charge is 2.14. The van der Waals surface area contributed by atoms with Gasteiger partial charge in [-0.05, 0) is 19.1 Å². The molecule has 1 N–H and O–H groups in total. The van der Waals surface area contributed by atoms with E-state index in [1.807, 2.05) is 12.3 Å². The number of hydrogen-bond donors (Lipinski definition) is 1. The van der Waals surface area contributed by atoms with E-state index in [0.29, 0.717) is 17.2 Å². The van der Waals surface area contributed by atoms with Crippen molar-refractivity contribution in [2.24, 2.45) is 0 Å². The minimum atomic E-state index is -0.0934. The Labute approximate surface area is 114 Å². The maximum absolute atomic E-state index is 11.9. The molecule has 0 radical (unpaired) electrons. The zero-order chi connectivity index (χ0) is 13.2. The summed E-state index contributed by atoms with van der Waals surface area (Å²) in [5.74, 6) is 1.26. The fraction of sp³-hybridized carbons (Fsp3) is 0.231. The van der Waals surface area contributed by atoms with Gasteiger partial charge >= 0.3 is 0 Å². The summed E-state index contributed by atoms with van der Waals surface area (Å²) in [6, 6.07) is 5.33. The maximum Gasteiger partial charge on any atom is 0.231 e. The molecule has 0 bridgehead atoms. The number of rotatable bonds is 3. The molecule has 0 fully saturated rings. The summed E-state index contributed by atoms with van der Waals surface area (Å²) >= 11 is 1.54. The third-order valence-corrected chi connectivity index (χ3v) is 3.49. The second kappa shape index (κ2) is 4.89. The summed E-state index contributed by atoms with van der Waals surface area (Å²) < 4.78 is 10.5. The molecule has 0 aliphatic carbocycles. The first-order valence-corrected chi connectivity index (χ1v) is 6.69. The van der Waals surface area contributed by atoms with Crippen LogP contribution in [0.1, 0.15) is 10.7 Å². The lowest BCUT2D eigenvalue weighted by Gasteiger charge is -2.05. The zero-order valence-electron chi connectivity index (χ0n) is 10.3. The Kier molecular flexibility index (Phi) is 3.08. The van der Waals surface area contributed by atoms with E-state index in [0.717, 1.165) is 10.7 Å². The van der Waals surface area contributed by atoms with Crippen molar-refractivity contribution in [3.8, 4) is 11.5 Å². The largest absolute Gasteiger partial charge is 0.454 e. The van der Waals surface area contributed by atoms with E-state index in [9.17, 15) is 4.79 Å². The van der Waals surface area contributed by atoms with Crippen molar-refractivity contribution in [3.05, 3.63) is 34.3 Å². The second-order valence-electron chi connectivity index (χ2n) is 4.15. The van der Waals surface area contributed by atoms with Gasteiger partial charge in [0.2, 0.25) is 12.7 Å². The highest BCUT2D eigenvalue weighted by atomic mass is 32.1. The van der Waals surface area contributed by atoms with Gasteiger partial charge < -0.3 is 14.8 Å². The summed E-state index contributed by atoms with van der Waals surface area (Å²) in [6.07, 6.45) is 0.277. The first-order chi connectivity index (χ1) is 9.20. The molecule has 0 spiro atoms. The van der Waals surface area contributed by atoms with Gasteiger partial charge in [0.05, 0.1) is 17.1 Å². The summed E-state index contributed by atoms with van der Waals surface area (Å²) in [5.41, 5.74) is 1.49. The number of hydrogen-bond acceptors (Lipinski definition) is 5. The normalized spacial score (nSPS) is 12.5. The van der Waals surface area contributed by atoms with Gasteiger partial charge in [-0.3, -0.25) is 4.79 Å². The molecule has 1 aliphatic heterocycles. The van der Waals surface area contributed by atoms with Crippen molar-refractivity contribution < 1.29 is 14.3 Å². The molecule has 0 unspecified atom stereocenters. The number of anilines is 1. The van der Waals surface area contributed by atoms with Gasteiger partial charge in [-0.15, -0.1) is 11.3 Å². The lowest BCUT2D eigenvalue weighted by Crippen LogP contribution is -2.14. The number of aromatic nitrogens is 1. The number of benzene rings is 1. The molecular weight excluding hydrogens is 264 g/mol. The number of amides is 1. The quantitative estimate of drug-likeness (QED) is 0.935. The van der Waals surface area contributed by atoms with Crippen molar-refractivity contribution in [1.82, 2.24) is 4.98 Å². The fourth-order valence-corrected chi connectivity index (χ4v) is 2.45. The Balaban J connectivity index is 1.66. The molecule has 1 amide bonds. The lowest BCUT2D eigenvalue weighted by molar-refractivity contribution is -0.115. The summed E-state index contributed by atoms with van der Waals surface area (Å²) in [7, 11) is 0. The Morgan fingerprint density at radius 2 is 2.26 bits per heavy atom. The number of fused-ring (bicyclic) bond motifs is 1. The van der Waals surface area contributed by atoms with Crippen LogP contribution in [0, 0.1) is 6.92 Å². The minimum absolute atomic E-state index is 0.0934. The topological polar surface area (TPSA) is 60.5 Å². The summed E-state index contributed by atoms with van der Waals surface area (Å²) in [5, 5.41) is 5.68. The van der Waals surface area contributed by atoms with Gasteiger partial charge in [-0.1, -0.05) is 0 Å². The standard InChI is InChI=1S/C13H12N2O3S/c1-8-14-10(6-19-8)5-13(16)15-9-2-3-11-12(4-9)18-7-17-11/h2-4,6H,5,7H2,1H3,(H,15,16). The van der Waals surface area contributed by atoms with E-state index in [4.69, 9.17) is 9.47 Å². The van der Waals surface area contributed by atoms with Crippen LogP contribution in [0.5, 0.6) is 11.5 Å². The molecule has 6 heteroatoms. The fourth-order valence-electron chi connectivity index (χ4n) is 1.83. The van der Waals surface area contributed by atoms with Gasteiger partial charge in [0, 0.05) is 17.1 Å². The Morgan fingerprint density at radius 1 is 1.42 bits per heavy atom. The molecular formula is C13H12N2O3S. The highest BCUT2D eigenvalue weighted by Crippen LogP contribution is 2.34. The van der Waals surface area contributed by atoms with Gasteiger partial charge in [0.15, 0.2) is 11.5 Å². The van der Waals surface area contributed by atoms with Crippen molar-refractivity contribution in [1.29, 1.82) is 0 Å². The Bertz CT molecular complexity index is 624. The third-order valence-electron chi connectivity index (χ3n) is 2.66. The van der Waals surface area contributed by atoms with Crippen molar-refractivity contribution in [3.63, 3.8) is 0 Å². The van der Waals surface area contributed by atoms with Gasteiger partial charge in [0.1, 0.15) is 0 Å². The van der Waals surface area contributed by atoms with E-state index in [2.05, 4.69) is 10.3 Å². The number of nitrogens with zero attached hydrogens (tertiary/aromatic N) is 1. The van der Waals surface area contributed by atoms with Crippen LogP contribution in [-0.4, -0.2) is 17.7 Å². The van der Waals surface area contributed by atoms with Crippen LogP contribution in [-0.2, 0) is 11.2 Å². The van der Waals surface area contributed by atoms with E-state index in [1.54, 1.807) is 29.5 Å². The van der Waals surface area contributed by atoms with Gasteiger partial charge in [-0.25, -0.2) is 4.98 Å². The van der Waals surface area contributed by atoms with Crippen LogP contribution in [0.4, 0.5) is 5.69 Å². The predicted octanol–water partition coefficient (Wildman–Crippen LogP) is 2.36. The highest BCUT2D eigenvalue weighted by molar-refractivity contribution is 7.09. The number of carbonyl (C=O) groups is 1. The molecule has 1 aliphatic rings. The molecule has 0 atom stereocenters. The first-order valence-electron chi connectivity index (χ1n) is 5.81. The monoisotopic (exact) mass is 276 g/mol. The van der Waals surface area contributed by atoms with E-state index >= 15 is 0 Å². The first kappa shape index (κ1) is 12.0. The number of nitrogens with one attached hydrogen (secondary N) is 1. The van der Waals surface area contributed by atoms with Crippen LogP contribution < -0.4 is 14.8 Å². The number of aryl methyl sites for hydroxylation is 1. The molecule has 1 aromatic heterocycles. The SMILES string of the molecule is Cc1nc(CC(=O)Nc2ccc3c(c2)OCO3)cs1. The average Bonchev–Trinajstić information content (AvgIpc) is 2.97. The van der Waals surface area contributed by atoms with Crippen LogP contribution >= 0.6 is 11.3 Å². The summed E-state index contributed by atoms with van der Waals surface area (Å²) in [6.45, 7) is 2.15. The molecule has 98 valence electrons. The van der Waals surface area contributed by atoms with E-state index < -0.39 is 0 Å². The average molecular weight is 276 g/mol. The molecule has 0 saturated carbocycles. The number of thiazole rings is 1. The van der Waals surface area contributed by atoms with Crippen molar-refractivity contribution in [2.75, 3.05) is 12.1 Å². The molecule has 1 aromatic carbocycles. The third kappa shape index (κ3) is 2.68. The number of ether oxygens (including phenoxy) is 2. The van der Waals surface area contributed by atoms with Crippen LogP contribution in [0.25, 0.3) is 0 Å². The summed E-state index contributed by atoms with van der Waals surface area (Å²) in [4.78, 5) is 16.1. The molecule has 3 rings (SSSR count). The van der Waals surface area contributed by atoms with Crippen molar-refractivity contribution >= 4 is 22.9 Å². The Hall–Kier alpha value is -2.08. The maximum atomic E-state index is 11.9. The molecule has 19 heavy (non-hydrogen) atoms. The predicted molar refractivity (Wildman–Crippen MR) is 71.7 cm³/mol. The van der Waals surface area contributed by atoms with E-state index in [1.165, 1.54) is 0 Å². The van der Waals surface area contributed by atoms with Crippen molar-refractivity contribution in [2.45, 2.75) is 13.3 Å². The van der Waals surface area contributed by atoms with Crippen LogP contribution in [0.15, 0.2) is 23.6 Å². The van der Waals surface area contributed by atoms with Crippen LogP contribution in [0.3, 0.4) is 0 Å². The van der Waals surface area contributed by atoms with Gasteiger partial charge in [0.25, 0.3) is 0 Å². The molecule has 0 saturated heterocycles. The lowest BCUT2D eigenvalue weighted by atomic mass is 10.2. The molecule has 2 aromatic rings. The molecule has 2 heterocycles. The Morgan fingerprint density at radius 3 is 3.05 bits per heavy atom. The number of carbonyl (C=O) groups excluding carboxylic acids is 1. The molecule has 5 nitrogen and oxygen atoms in total. The minimum Gasteiger partial charge on any atom is -0.454 e.